The van der Waals surface area contributed by atoms with Gasteiger partial charge in [-0.3, -0.25) is 33.6 Å². The summed E-state index contributed by atoms with van der Waals surface area (Å²) >= 11 is 0. The molecule has 0 radical (unpaired) electrons. The van der Waals surface area contributed by atoms with Crippen LogP contribution in [0, 0.1) is 0 Å². The van der Waals surface area contributed by atoms with E-state index in [2.05, 4.69) is 0 Å². The lowest BCUT2D eigenvalue weighted by atomic mass is 9.96. The van der Waals surface area contributed by atoms with Gasteiger partial charge in [0.15, 0.2) is 43.1 Å². The molecule has 45 heavy (non-hydrogen) atoms. The number of ether oxygens (including phenoxy) is 11. The van der Waals surface area contributed by atoms with E-state index >= 15 is 0 Å². The second-order valence-corrected chi connectivity index (χ2v) is 9.90. The summed E-state index contributed by atoms with van der Waals surface area (Å²) in [6.07, 6.45) is -15.0. The Balaban J connectivity index is 2.69. The topological polar surface area (TPSA) is 221 Å². The van der Waals surface area contributed by atoms with E-state index in [1.807, 2.05) is 0 Å². The Morgan fingerprint density at radius 1 is 0.444 bits per heavy atom. The van der Waals surface area contributed by atoms with Gasteiger partial charge in [-0.1, -0.05) is 0 Å². The van der Waals surface area contributed by atoms with Crippen LogP contribution in [-0.4, -0.2) is 124 Å². The molecule has 0 aromatic heterocycles. The number of hydrogen-bond acceptors (Lipinski definition) is 18. The standard InChI is InChI=1S/C27H38O18/c1-11(28)36-9-18-20(38-13(3)30)22(39-14(4)31)25(42-17(7)34)27(44-18)45-21-19(10-37-12(2)29)43-26(35-8)24(41-16(6)33)23(21)40-15(5)32/h18-27H,9-10H2,1-8H3/t18-,19-,20-,21-,22+,23+,24-,25-,26+,27+/m1/s1. The van der Waals surface area contributed by atoms with E-state index < -0.39 is 116 Å². The molecule has 0 spiro atoms. The van der Waals surface area contributed by atoms with Crippen molar-refractivity contribution >= 4 is 41.8 Å². The monoisotopic (exact) mass is 650 g/mol. The van der Waals surface area contributed by atoms with Crippen molar-refractivity contribution in [2.75, 3.05) is 20.3 Å². The van der Waals surface area contributed by atoms with Crippen LogP contribution in [0.5, 0.6) is 0 Å². The minimum atomic E-state index is -1.76. The van der Waals surface area contributed by atoms with E-state index in [1.54, 1.807) is 0 Å². The first-order valence-electron chi connectivity index (χ1n) is 13.7. The van der Waals surface area contributed by atoms with Crippen molar-refractivity contribution in [3.63, 3.8) is 0 Å². The van der Waals surface area contributed by atoms with Gasteiger partial charge in [-0.2, -0.15) is 0 Å². The fraction of sp³-hybridized carbons (Fsp3) is 0.741. The van der Waals surface area contributed by atoms with E-state index in [4.69, 9.17) is 52.1 Å². The van der Waals surface area contributed by atoms with E-state index in [9.17, 15) is 33.6 Å². The van der Waals surface area contributed by atoms with Crippen LogP contribution >= 0.6 is 0 Å². The third-order valence-corrected chi connectivity index (χ3v) is 6.12. The Bertz CT molecular complexity index is 1110. The van der Waals surface area contributed by atoms with Gasteiger partial charge in [0.05, 0.1) is 0 Å². The zero-order valence-corrected chi connectivity index (χ0v) is 26.0. The Hall–Kier alpha value is -3.87. The van der Waals surface area contributed by atoms with Gasteiger partial charge in [0.1, 0.15) is 31.5 Å². The van der Waals surface area contributed by atoms with Crippen LogP contribution in [0.2, 0.25) is 0 Å². The molecule has 2 aliphatic rings. The maximum Gasteiger partial charge on any atom is 0.303 e. The Morgan fingerprint density at radius 2 is 0.778 bits per heavy atom. The summed E-state index contributed by atoms with van der Waals surface area (Å²) in [5, 5.41) is 0. The van der Waals surface area contributed by atoms with Gasteiger partial charge in [0, 0.05) is 55.6 Å². The minimum Gasteiger partial charge on any atom is -0.463 e. The molecule has 0 amide bonds. The summed E-state index contributed by atoms with van der Waals surface area (Å²) in [6, 6.07) is 0. The third-order valence-electron chi connectivity index (χ3n) is 6.12. The lowest BCUT2D eigenvalue weighted by molar-refractivity contribution is -0.359. The van der Waals surface area contributed by atoms with Gasteiger partial charge in [0.2, 0.25) is 0 Å². The van der Waals surface area contributed by atoms with Gasteiger partial charge >= 0.3 is 41.8 Å². The second-order valence-electron chi connectivity index (χ2n) is 9.90. The first-order valence-corrected chi connectivity index (χ1v) is 13.7. The third kappa shape index (κ3) is 11.2. The van der Waals surface area contributed by atoms with Crippen molar-refractivity contribution in [3.8, 4) is 0 Å². The molecule has 0 aromatic rings. The Morgan fingerprint density at radius 3 is 1.18 bits per heavy atom. The minimum absolute atomic E-state index is 0.504. The van der Waals surface area contributed by atoms with Crippen LogP contribution in [0.4, 0.5) is 0 Å². The fourth-order valence-electron chi connectivity index (χ4n) is 4.66. The number of esters is 7. The highest BCUT2D eigenvalue weighted by Gasteiger charge is 2.57. The van der Waals surface area contributed by atoms with Crippen molar-refractivity contribution in [1.82, 2.24) is 0 Å². The molecule has 2 fully saturated rings. The molecular weight excluding hydrogens is 612 g/mol. The predicted octanol–water partition coefficient (Wildman–Crippen LogP) is -0.747. The lowest BCUT2D eigenvalue weighted by Gasteiger charge is -2.48. The molecule has 18 heteroatoms. The van der Waals surface area contributed by atoms with Crippen LogP contribution in [-0.2, 0) is 85.7 Å². The van der Waals surface area contributed by atoms with Gasteiger partial charge < -0.3 is 52.1 Å². The summed E-state index contributed by atoms with van der Waals surface area (Å²) in [5.41, 5.74) is 0. The summed E-state index contributed by atoms with van der Waals surface area (Å²) in [4.78, 5) is 84.0. The smallest absolute Gasteiger partial charge is 0.303 e. The van der Waals surface area contributed by atoms with Crippen LogP contribution in [0.1, 0.15) is 48.5 Å². The zero-order chi connectivity index (χ0) is 34.0. The normalized spacial score (nSPS) is 31.0. The molecule has 0 unspecified atom stereocenters. The molecule has 18 nitrogen and oxygen atoms in total. The lowest BCUT2D eigenvalue weighted by Crippen LogP contribution is -2.67. The Kier molecular flexibility index (Phi) is 14.1. The molecule has 2 saturated heterocycles. The highest BCUT2D eigenvalue weighted by atomic mass is 16.8. The number of carbonyl (C=O) groups excluding carboxylic acids is 7. The molecule has 2 rings (SSSR count). The van der Waals surface area contributed by atoms with E-state index in [-0.39, 0.29) is 0 Å². The summed E-state index contributed by atoms with van der Waals surface area (Å²) in [5.74, 6) is -5.76. The maximum atomic E-state index is 12.2. The first-order chi connectivity index (χ1) is 21.0. The van der Waals surface area contributed by atoms with E-state index in [1.165, 1.54) is 7.11 Å². The molecule has 254 valence electrons. The zero-order valence-electron chi connectivity index (χ0n) is 26.0. The van der Waals surface area contributed by atoms with E-state index in [0.717, 1.165) is 48.5 Å². The van der Waals surface area contributed by atoms with Crippen LogP contribution in [0.15, 0.2) is 0 Å². The summed E-state index contributed by atoms with van der Waals surface area (Å²) in [6.45, 7) is 6.44. The van der Waals surface area contributed by atoms with Crippen molar-refractivity contribution in [1.29, 1.82) is 0 Å². The average Bonchev–Trinajstić information content (AvgIpc) is 2.90. The van der Waals surface area contributed by atoms with Crippen LogP contribution in [0.3, 0.4) is 0 Å². The highest BCUT2D eigenvalue weighted by molar-refractivity contribution is 5.69. The highest BCUT2D eigenvalue weighted by Crippen LogP contribution is 2.35. The molecule has 10 atom stereocenters. The van der Waals surface area contributed by atoms with Gasteiger partial charge in [-0.05, 0) is 0 Å². The largest absolute Gasteiger partial charge is 0.463 e. The Labute approximate surface area is 258 Å². The van der Waals surface area contributed by atoms with Crippen molar-refractivity contribution in [2.24, 2.45) is 0 Å². The van der Waals surface area contributed by atoms with Crippen LogP contribution in [0.25, 0.3) is 0 Å². The maximum absolute atomic E-state index is 12.2. The quantitative estimate of drug-likeness (QED) is 0.187. The van der Waals surface area contributed by atoms with Gasteiger partial charge in [0.25, 0.3) is 0 Å². The second kappa shape index (κ2) is 17.0. The van der Waals surface area contributed by atoms with Crippen molar-refractivity contribution < 1.29 is 85.7 Å². The summed E-state index contributed by atoms with van der Waals surface area (Å²) in [7, 11) is 1.22. The molecular formula is C27H38O18. The number of methoxy groups -OCH3 is 1. The molecule has 0 saturated carbocycles. The molecule has 0 aliphatic carbocycles. The SMILES string of the molecule is CO[C@H]1O[C@H](COC(C)=O)[C@@H](O[C@@H]2O[C@H](COC(C)=O)[C@@H](OC(C)=O)[C@H](OC(C)=O)[C@H]2OC(C)=O)[C@H](OC(C)=O)[C@H]1OC(C)=O. The van der Waals surface area contributed by atoms with Gasteiger partial charge in [-0.15, -0.1) is 0 Å². The number of hydrogen-bond donors (Lipinski definition) is 0. The molecule has 2 aliphatic heterocycles. The molecule has 0 N–H and O–H groups in total. The molecule has 0 aromatic carbocycles. The number of rotatable bonds is 12. The van der Waals surface area contributed by atoms with Crippen LogP contribution < -0.4 is 0 Å². The van der Waals surface area contributed by atoms with E-state index in [0.29, 0.717) is 0 Å². The molecule has 0 bridgehead atoms. The van der Waals surface area contributed by atoms with Crippen molar-refractivity contribution in [2.45, 2.75) is 110 Å². The average molecular weight is 651 g/mol. The fourth-order valence-corrected chi connectivity index (χ4v) is 4.66. The summed E-state index contributed by atoms with van der Waals surface area (Å²) < 4.78 is 60.6. The number of carbonyl (C=O) groups is 7. The van der Waals surface area contributed by atoms with Gasteiger partial charge in [-0.25, -0.2) is 0 Å². The van der Waals surface area contributed by atoms with Crippen molar-refractivity contribution in [3.05, 3.63) is 0 Å². The predicted molar refractivity (Wildman–Crippen MR) is 140 cm³/mol. The molecule has 2 heterocycles. The first kappa shape index (κ1) is 37.3.